The lowest BCUT2D eigenvalue weighted by molar-refractivity contribution is 0.0947. The van der Waals surface area contributed by atoms with Gasteiger partial charge < -0.3 is 5.32 Å². The number of rotatable bonds is 6. The number of thioether (sulfide) groups is 1. The lowest BCUT2D eigenvalue weighted by Gasteiger charge is -2.24. The first kappa shape index (κ1) is 19.8. The van der Waals surface area contributed by atoms with Crippen molar-refractivity contribution in [1.82, 2.24) is 19.4 Å². The Kier molecular flexibility index (Phi) is 6.18. The molecule has 1 fully saturated rings. The second-order valence-corrected chi connectivity index (χ2v) is 9.07. The standard InChI is InChI=1S/C17H21FN4O3S2/c1-2-21-12-14(16(23)19-11-13-5-3-4-6-15(13)18)17(20-21)27(24,25)22-7-9-26-10-8-22/h3-6,12H,2,7-11H2,1H3,(H,19,23). The van der Waals surface area contributed by atoms with E-state index in [4.69, 9.17) is 0 Å². The second kappa shape index (κ2) is 8.41. The zero-order chi connectivity index (χ0) is 19.4. The third kappa shape index (κ3) is 4.33. The Morgan fingerprint density at radius 1 is 1.30 bits per heavy atom. The number of nitrogens with one attached hydrogen (secondary N) is 1. The molecule has 0 aliphatic carbocycles. The molecule has 1 saturated heterocycles. The van der Waals surface area contributed by atoms with E-state index in [0.29, 0.717) is 36.7 Å². The highest BCUT2D eigenvalue weighted by Gasteiger charge is 2.33. The first-order chi connectivity index (χ1) is 12.9. The Morgan fingerprint density at radius 3 is 2.67 bits per heavy atom. The van der Waals surface area contributed by atoms with Crippen LogP contribution in [0, 0.1) is 5.82 Å². The molecule has 3 rings (SSSR count). The molecule has 0 unspecified atom stereocenters. The van der Waals surface area contributed by atoms with Crippen molar-refractivity contribution >= 4 is 27.7 Å². The fraction of sp³-hybridized carbons (Fsp3) is 0.412. The summed E-state index contributed by atoms with van der Waals surface area (Å²) >= 11 is 1.69. The number of carbonyl (C=O) groups excluding carboxylic acids is 1. The van der Waals surface area contributed by atoms with E-state index >= 15 is 0 Å². The van der Waals surface area contributed by atoms with Gasteiger partial charge in [-0.05, 0) is 13.0 Å². The van der Waals surface area contributed by atoms with Crippen LogP contribution in [-0.2, 0) is 23.1 Å². The maximum absolute atomic E-state index is 13.7. The smallest absolute Gasteiger partial charge is 0.263 e. The van der Waals surface area contributed by atoms with Gasteiger partial charge in [0.15, 0.2) is 0 Å². The monoisotopic (exact) mass is 412 g/mol. The summed E-state index contributed by atoms with van der Waals surface area (Å²) in [5, 5.41) is 6.46. The fourth-order valence-electron chi connectivity index (χ4n) is 2.73. The predicted molar refractivity (Wildman–Crippen MR) is 102 cm³/mol. The molecule has 10 heteroatoms. The van der Waals surface area contributed by atoms with Crippen LogP contribution < -0.4 is 5.32 Å². The molecule has 0 bridgehead atoms. The Hall–Kier alpha value is -1.91. The summed E-state index contributed by atoms with van der Waals surface area (Å²) in [6.45, 7) is 2.98. The van der Waals surface area contributed by atoms with Gasteiger partial charge in [-0.25, -0.2) is 12.8 Å². The number of amides is 1. The van der Waals surface area contributed by atoms with E-state index in [-0.39, 0.29) is 17.1 Å². The van der Waals surface area contributed by atoms with Gasteiger partial charge in [-0.2, -0.15) is 21.2 Å². The van der Waals surface area contributed by atoms with Crippen LogP contribution in [0.5, 0.6) is 0 Å². The summed E-state index contributed by atoms with van der Waals surface area (Å²) < 4.78 is 42.5. The largest absolute Gasteiger partial charge is 0.348 e. The van der Waals surface area contributed by atoms with Gasteiger partial charge in [0.25, 0.3) is 15.9 Å². The summed E-state index contributed by atoms with van der Waals surface area (Å²) in [4.78, 5) is 12.6. The minimum absolute atomic E-state index is 0.0218. The molecule has 2 aromatic rings. The van der Waals surface area contributed by atoms with E-state index < -0.39 is 21.7 Å². The maximum atomic E-state index is 13.7. The summed E-state index contributed by atoms with van der Waals surface area (Å²) in [6.07, 6.45) is 1.42. The predicted octanol–water partition coefficient (Wildman–Crippen LogP) is 1.71. The highest BCUT2D eigenvalue weighted by molar-refractivity contribution is 7.99. The maximum Gasteiger partial charge on any atom is 0.263 e. The third-order valence-corrected chi connectivity index (χ3v) is 7.03. The molecule has 2 heterocycles. The van der Waals surface area contributed by atoms with Crippen LogP contribution in [0.25, 0.3) is 0 Å². The molecular weight excluding hydrogens is 391 g/mol. The van der Waals surface area contributed by atoms with Crippen LogP contribution in [0.15, 0.2) is 35.5 Å². The first-order valence-electron chi connectivity index (χ1n) is 8.60. The average Bonchev–Trinajstić information content (AvgIpc) is 3.13. The molecule has 1 aliphatic rings. The van der Waals surface area contributed by atoms with E-state index in [2.05, 4.69) is 10.4 Å². The topological polar surface area (TPSA) is 84.3 Å². The molecule has 1 amide bonds. The zero-order valence-corrected chi connectivity index (χ0v) is 16.5. The molecule has 0 saturated carbocycles. The Labute approximate surface area is 162 Å². The molecule has 0 atom stereocenters. The molecule has 146 valence electrons. The molecule has 0 radical (unpaired) electrons. The van der Waals surface area contributed by atoms with Crippen LogP contribution in [-0.4, -0.2) is 53.0 Å². The number of carbonyl (C=O) groups is 1. The lowest BCUT2D eigenvalue weighted by Crippen LogP contribution is -2.39. The molecule has 1 aliphatic heterocycles. The van der Waals surface area contributed by atoms with E-state index in [0.717, 1.165) is 0 Å². The van der Waals surface area contributed by atoms with Crippen LogP contribution in [0.2, 0.25) is 0 Å². The number of halogens is 1. The summed E-state index contributed by atoms with van der Waals surface area (Å²) in [5.74, 6) is 0.397. The molecule has 7 nitrogen and oxygen atoms in total. The van der Waals surface area contributed by atoms with Crippen molar-refractivity contribution < 1.29 is 17.6 Å². The Balaban J connectivity index is 1.85. The zero-order valence-electron chi connectivity index (χ0n) is 14.9. The van der Waals surface area contributed by atoms with Gasteiger partial charge in [-0.3, -0.25) is 9.48 Å². The van der Waals surface area contributed by atoms with Crippen molar-refractivity contribution in [1.29, 1.82) is 0 Å². The van der Waals surface area contributed by atoms with Gasteiger partial charge in [0, 0.05) is 49.4 Å². The quantitative estimate of drug-likeness (QED) is 0.781. The Bertz CT molecular complexity index is 924. The van der Waals surface area contributed by atoms with Crippen LogP contribution in [0.3, 0.4) is 0 Å². The van der Waals surface area contributed by atoms with Crippen molar-refractivity contribution in [3.8, 4) is 0 Å². The number of benzene rings is 1. The minimum atomic E-state index is -3.86. The van der Waals surface area contributed by atoms with Crippen LogP contribution in [0.4, 0.5) is 4.39 Å². The van der Waals surface area contributed by atoms with Crippen molar-refractivity contribution in [3.05, 3.63) is 47.4 Å². The first-order valence-corrected chi connectivity index (χ1v) is 11.2. The minimum Gasteiger partial charge on any atom is -0.348 e. The van der Waals surface area contributed by atoms with Gasteiger partial charge in [0.2, 0.25) is 5.03 Å². The fourth-order valence-corrected chi connectivity index (χ4v) is 5.41. The molecule has 0 spiro atoms. The molecule has 1 aromatic heterocycles. The number of hydrogen-bond donors (Lipinski definition) is 1. The van der Waals surface area contributed by atoms with Gasteiger partial charge in [-0.1, -0.05) is 18.2 Å². The number of aromatic nitrogens is 2. The van der Waals surface area contributed by atoms with Crippen molar-refractivity contribution in [3.63, 3.8) is 0 Å². The van der Waals surface area contributed by atoms with E-state index in [1.54, 1.807) is 30.0 Å². The summed E-state index contributed by atoms with van der Waals surface area (Å²) in [6, 6.07) is 6.10. The second-order valence-electron chi connectivity index (χ2n) is 5.99. The van der Waals surface area contributed by atoms with E-state index in [1.807, 2.05) is 6.92 Å². The van der Waals surface area contributed by atoms with Crippen molar-refractivity contribution in [2.45, 2.75) is 25.0 Å². The van der Waals surface area contributed by atoms with Gasteiger partial charge in [-0.15, -0.1) is 0 Å². The van der Waals surface area contributed by atoms with Gasteiger partial charge >= 0.3 is 0 Å². The van der Waals surface area contributed by atoms with Crippen LogP contribution >= 0.6 is 11.8 Å². The summed E-state index contributed by atoms with van der Waals surface area (Å²) in [7, 11) is -3.86. The van der Waals surface area contributed by atoms with Gasteiger partial charge in [0.05, 0.1) is 5.56 Å². The summed E-state index contributed by atoms with van der Waals surface area (Å²) in [5.41, 5.74) is 0.303. The highest BCUT2D eigenvalue weighted by Crippen LogP contribution is 2.22. The number of nitrogens with zero attached hydrogens (tertiary/aromatic N) is 3. The number of hydrogen-bond acceptors (Lipinski definition) is 5. The van der Waals surface area contributed by atoms with E-state index in [1.165, 1.54) is 21.3 Å². The lowest BCUT2D eigenvalue weighted by atomic mass is 10.2. The molecule has 27 heavy (non-hydrogen) atoms. The number of aryl methyl sites for hydroxylation is 1. The van der Waals surface area contributed by atoms with Crippen molar-refractivity contribution in [2.24, 2.45) is 0 Å². The van der Waals surface area contributed by atoms with E-state index in [9.17, 15) is 17.6 Å². The van der Waals surface area contributed by atoms with Crippen molar-refractivity contribution in [2.75, 3.05) is 24.6 Å². The highest BCUT2D eigenvalue weighted by atomic mass is 32.2. The molecular formula is C17H21FN4O3S2. The molecule has 1 N–H and O–H groups in total. The van der Waals surface area contributed by atoms with Gasteiger partial charge in [0.1, 0.15) is 5.82 Å². The third-order valence-electron chi connectivity index (χ3n) is 4.25. The molecule has 1 aromatic carbocycles. The normalized spacial score (nSPS) is 15.6. The number of sulfonamides is 1. The Morgan fingerprint density at radius 2 is 2.00 bits per heavy atom. The average molecular weight is 413 g/mol. The SMILES string of the molecule is CCn1cc(C(=O)NCc2ccccc2F)c(S(=O)(=O)N2CCSCC2)n1. The van der Waals surface area contributed by atoms with Crippen LogP contribution in [0.1, 0.15) is 22.8 Å².